The summed E-state index contributed by atoms with van der Waals surface area (Å²) in [6.45, 7) is 0. The first-order chi connectivity index (χ1) is 24.7. The molecule has 3 aromatic heterocycles. The minimum absolute atomic E-state index is 0.595. The molecule has 9 rings (SSSR count). The van der Waals surface area contributed by atoms with Crippen molar-refractivity contribution in [2.45, 2.75) is 0 Å². The van der Waals surface area contributed by atoms with Crippen molar-refractivity contribution in [3.05, 3.63) is 176 Å². The van der Waals surface area contributed by atoms with E-state index in [9.17, 15) is 0 Å². The van der Waals surface area contributed by atoms with Crippen LogP contribution in [0, 0.1) is 0 Å². The Kier molecular flexibility index (Phi) is 7.41. The zero-order valence-corrected chi connectivity index (χ0v) is 27.0. The fourth-order valence-electron chi connectivity index (χ4n) is 6.34. The number of hydrogen-bond donors (Lipinski definition) is 0. The van der Waals surface area contributed by atoms with Crippen molar-refractivity contribution in [1.29, 1.82) is 0 Å². The van der Waals surface area contributed by atoms with Crippen LogP contribution in [-0.2, 0) is 0 Å². The molecule has 3 heterocycles. The molecule has 0 aliphatic heterocycles. The van der Waals surface area contributed by atoms with Gasteiger partial charge in [0.25, 0.3) is 0 Å². The lowest BCUT2D eigenvalue weighted by Gasteiger charge is -2.13. The van der Waals surface area contributed by atoms with E-state index >= 15 is 0 Å². The van der Waals surface area contributed by atoms with Crippen molar-refractivity contribution in [2.24, 2.45) is 0 Å². The van der Waals surface area contributed by atoms with Gasteiger partial charge in [-0.15, -0.1) is 0 Å². The van der Waals surface area contributed by atoms with E-state index in [2.05, 4.69) is 91.0 Å². The maximum Gasteiger partial charge on any atom is 0.164 e. The largest absolute Gasteiger partial charge is 0.245 e. The minimum atomic E-state index is 0.595. The molecule has 0 radical (unpaired) electrons. The fourth-order valence-corrected chi connectivity index (χ4v) is 6.34. The van der Waals surface area contributed by atoms with Gasteiger partial charge in [0, 0.05) is 38.6 Å². The topological polar surface area (TPSA) is 64.5 Å². The summed E-state index contributed by atoms with van der Waals surface area (Å²) < 4.78 is 0. The average molecular weight is 640 g/mol. The lowest BCUT2D eigenvalue weighted by atomic mass is 9.97. The molecule has 0 saturated heterocycles. The van der Waals surface area contributed by atoms with E-state index in [1.54, 1.807) is 0 Å². The van der Waals surface area contributed by atoms with E-state index in [4.69, 9.17) is 24.9 Å². The van der Waals surface area contributed by atoms with Gasteiger partial charge in [0.15, 0.2) is 17.5 Å². The molecule has 50 heavy (non-hydrogen) atoms. The molecule has 5 nitrogen and oxygen atoms in total. The number of nitrogens with zero attached hydrogens (tertiary/aromatic N) is 5. The highest BCUT2D eigenvalue weighted by Crippen LogP contribution is 2.34. The molecule has 0 saturated carbocycles. The van der Waals surface area contributed by atoms with Gasteiger partial charge < -0.3 is 0 Å². The number of rotatable bonds is 6. The molecule has 0 aliphatic carbocycles. The smallest absolute Gasteiger partial charge is 0.164 e. The molecule has 0 fully saturated rings. The Morgan fingerprint density at radius 1 is 0.240 bits per heavy atom. The highest BCUT2D eigenvalue weighted by atomic mass is 15.0. The zero-order valence-electron chi connectivity index (χ0n) is 27.0. The number of benzene rings is 6. The molecule has 234 valence electrons. The Bertz CT molecular complexity index is 2570. The van der Waals surface area contributed by atoms with Crippen LogP contribution in [0.25, 0.3) is 89.6 Å². The summed E-state index contributed by atoms with van der Waals surface area (Å²) in [5.41, 5.74) is 10.4. The van der Waals surface area contributed by atoms with Gasteiger partial charge in [-0.3, -0.25) is 0 Å². The van der Waals surface area contributed by atoms with Crippen LogP contribution < -0.4 is 0 Å². The second-order valence-electron chi connectivity index (χ2n) is 12.2. The van der Waals surface area contributed by atoms with Crippen LogP contribution in [-0.4, -0.2) is 24.9 Å². The van der Waals surface area contributed by atoms with E-state index in [0.717, 1.165) is 72.1 Å². The summed E-state index contributed by atoms with van der Waals surface area (Å²) in [5, 5.41) is 2.09. The first kappa shape index (κ1) is 29.3. The van der Waals surface area contributed by atoms with Gasteiger partial charge in [-0.1, -0.05) is 146 Å². The normalized spacial score (nSPS) is 11.2. The SMILES string of the molecule is c1ccc(-c2cc(-c3ccc4ccc5ccc(-c6ccccc6)nc5c4n3)cc(-c3nc(-c4ccccc4)nc(-c4ccccc4)n3)c2)cc1. The van der Waals surface area contributed by atoms with Crippen LogP contribution in [0.15, 0.2) is 176 Å². The third-order valence-corrected chi connectivity index (χ3v) is 8.88. The van der Waals surface area contributed by atoms with Crippen LogP contribution in [0.3, 0.4) is 0 Å². The standard InChI is InChI=1S/C45H29N5/c1-5-13-30(14-6-1)36-27-37(40-26-24-33-22-21-32-23-25-39(31-15-7-2-8-16-31)46-41(32)42(33)47-40)29-38(28-36)45-49-43(34-17-9-3-10-18-34)48-44(50-45)35-19-11-4-12-20-35/h1-29H. The molecule has 0 bridgehead atoms. The van der Waals surface area contributed by atoms with Gasteiger partial charge in [0.05, 0.1) is 22.4 Å². The molecule has 0 spiro atoms. The molecule has 5 heteroatoms. The Morgan fingerprint density at radius 3 is 1.10 bits per heavy atom. The van der Waals surface area contributed by atoms with Crippen molar-refractivity contribution in [2.75, 3.05) is 0 Å². The Hall–Kier alpha value is -6.85. The van der Waals surface area contributed by atoms with Gasteiger partial charge in [-0.05, 0) is 41.5 Å². The number of hydrogen-bond acceptors (Lipinski definition) is 5. The van der Waals surface area contributed by atoms with E-state index in [1.807, 2.05) is 84.9 Å². The lowest BCUT2D eigenvalue weighted by Crippen LogP contribution is -2.00. The molecule has 0 unspecified atom stereocenters. The summed E-state index contributed by atoms with van der Waals surface area (Å²) in [6, 6.07) is 59.9. The highest BCUT2D eigenvalue weighted by Gasteiger charge is 2.16. The molecule has 0 aliphatic rings. The van der Waals surface area contributed by atoms with Crippen LogP contribution in [0.5, 0.6) is 0 Å². The van der Waals surface area contributed by atoms with Crippen LogP contribution >= 0.6 is 0 Å². The van der Waals surface area contributed by atoms with Crippen molar-refractivity contribution in [3.63, 3.8) is 0 Å². The molecule has 0 N–H and O–H groups in total. The average Bonchev–Trinajstić information content (AvgIpc) is 3.21. The molecular formula is C45H29N5. The van der Waals surface area contributed by atoms with E-state index < -0.39 is 0 Å². The maximum absolute atomic E-state index is 5.29. The van der Waals surface area contributed by atoms with Gasteiger partial charge in [0.2, 0.25) is 0 Å². The first-order valence-electron chi connectivity index (χ1n) is 16.6. The van der Waals surface area contributed by atoms with Crippen molar-refractivity contribution in [3.8, 4) is 67.8 Å². The van der Waals surface area contributed by atoms with Crippen LogP contribution in [0.2, 0.25) is 0 Å². The van der Waals surface area contributed by atoms with Crippen molar-refractivity contribution >= 4 is 21.8 Å². The summed E-state index contributed by atoms with van der Waals surface area (Å²) in [6.07, 6.45) is 0. The molecule has 0 atom stereocenters. The Morgan fingerprint density at radius 2 is 0.600 bits per heavy atom. The van der Waals surface area contributed by atoms with Crippen LogP contribution in [0.1, 0.15) is 0 Å². The maximum atomic E-state index is 5.29. The predicted octanol–water partition coefficient (Wildman–Crippen LogP) is 11.0. The zero-order chi connectivity index (χ0) is 33.3. The quantitative estimate of drug-likeness (QED) is 0.169. The monoisotopic (exact) mass is 639 g/mol. The lowest BCUT2D eigenvalue weighted by molar-refractivity contribution is 1.07. The van der Waals surface area contributed by atoms with Gasteiger partial charge in [-0.2, -0.15) is 0 Å². The second-order valence-corrected chi connectivity index (χ2v) is 12.2. The van der Waals surface area contributed by atoms with Crippen molar-refractivity contribution in [1.82, 2.24) is 24.9 Å². The molecular weight excluding hydrogens is 611 g/mol. The third kappa shape index (κ3) is 5.67. The fraction of sp³-hybridized carbons (Fsp3) is 0. The van der Waals surface area contributed by atoms with Gasteiger partial charge >= 0.3 is 0 Å². The Balaban J connectivity index is 1.25. The van der Waals surface area contributed by atoms with E-state index in [0.29, 0.717) is 17.5 Å². The predicted molar refractivity (Wildman–Crippen MR) is 203 cm³/mol. The summed E-state index contributed by atoms with van der Waals surface area (Å²) in [4.78, 5) is 25.4. The van der Waals surface area contributed by atoms with Crippen LogP contribution in [0.4, 0.5) is 0 Å². The summed E-state index contributed by atoms with van der Waals surface area (Å²) in [5.74, 6) is 1.84. The molecule has 6 aromatic carbocycles. The number of pyridine rings is 2. The Labute approximate surface area is 289 Å². The van der Waals surface area contributed by atoms with E-state index in [-0.39, 0.29) is 0 Å². The van der Waals surface area contributed by atoms with Gasteiger partial charge in [-0.25, -0.2) is 24.9 Å². The highest BCUT2D eigenvalue weighted by molar-refractivity contribution is 6.04. The molecule has 9 aromatic rings. The second kappa shape index (κ2) is 12.6. The minimum Gasteiger partial charge on any atom is -0.245 e. The van der Waals surface area contributed by atoms with Gasteiger partial charge in [0.1, 0.15) is 0 Å². The first-order valence-corrected chi connectivity index (χ1v) is 16.6. The summed E-state index contributed by atoms with van der Waals surface area (Å²) >= 11 is 0. The molecule has 0 amide bonds. The number of aromatic nitrogens is 5. The van der Waals surface area contributed by atoms with Crippen molar-refractivity contribution < 1.29 is 0 Å². The number of fused-ring (bicyclic) bond motifs is 3. The summed E-state index contributed by atoms with van der Waals surface area (Å²) in [7, 11) is 0. The van der Waals surface area contributed by atoms with E-state index in [1.165, 1.54) is 0 Å². The third-order valence-electron chi connectivity index (χ3n) is 8.88.